The molecular formula is C16H19ClN4O4. The summed E-state index contributed by atoms with van der Waals surface area (Å²) in [5.41, 5.74) is 1.35. The highest BCUT2D eigenvalue weighted by Gasteiger charge is 2.25. The number of nitrogens with one attached hydrogen (secondary N) is 1. The number of carbonyl (C=O) groups is 2. The molecule has 25 heavy (non-hydrogen) atoms. The molecule has 1 atom stereocenters. The fourth-order valence-corrected chi connectivity index (χ4v) is 2.51. The van der Waals surface area contributed by atoms with E-state index in [0.29, 0.717) is 22.8 Å². The van der Waals surface area contributed by atoms with Crippen LogP contribution in [-0.4, -0.2) is 51.7 Å². The van der Waals surface area contributed by atoms with Crippen LogP contribution in [0, 0.1) is 0 Å². The Morgan fingerprint density at radius 3 is 2.80 bits per heavy atom. The molecule has 0 spiro atoms. The summed E-state index contributed by atoms with van der Waals surface area (Å²) in [6.45, 7) is 1.81. The molecule has 0 fully saturated rings. The van der Waals surface area contributed by atoms with Gasteiger partial charge in [0.1, 0.15) is 0 Å². The first kappa shape index (κ1) is 18.9. The fourth-order valence-electron chi connectivity index (χ4n) is 2.32. The molecule has 0 radical (unpaired) electrons. The van der Waals surface area contributed by atoms with Gasteiger partial charge in [0.15, 0.2) is 11.7 Å². The maximum atomic E-state index is 12.5. The van der Waals surface area contributed by atoms with Crippen LogP contribution in [0.2, 0.25) is 5.02 Å². The lowest BCUT2D eigenvalue weighted by atomic mass is 10.1. The lowest BCUT2D eigenvalue weighted by Crippen LogP contribution is -2.44. The molecule has 1 aromatic carbocycles. The summed E-state index contributed by atoms with van der Waals surface area (Å²) in [4.78, 5) is 23.7. The van der Waals surface area contributed by atoms with E-state index in [9.17, 15) is 9.59 Å². The average Bonchev–Trinajstić information content (AvgIpc) is 2.98. The van der Waals surface area contributed by atoms with Gasteiger partial charge in [-0.15, -0.1) is 5.10 Å². The normalized spacial score (nSPS) is 12.0. The summed E-state index contributed by atoms with van der Waals surface area (Å²) in [6, 6.07) is 5.85. The van der Waals surface area contributed by atoms with Gasteiger partial charge in [-0.1, -0.05) is 36.2 Å². The standard InChI is InChI=1S/C16H19ClN4O4/c1-3-5-13-14(15(22)18-12(9-25-2)16(23)24)19-20-21(13)11-7-4-6-10(17)8-11/h4,6-8,12H,3,5,9H2,1-2H3,(H,18,22)(H,23,24). The van der Waals surface area contributed by atoms with Gasteiger partial charge < -0.3 is 15.2 Å². The first-order valence-electron chi connectivity index (χ1n) is 7.71. The molecule has 2 aromatic rings. The Hall–Kier alpha value is -2.45. The Bertz CT molecular complexity index is 762. The molecule has 1 aromatic heterocycles. The zero-order valence-electron chi connectivity index (χ0n) is 13.9. The SMILES string of the molecule is CCCc1c(C(=O)NC(COC)C(=O)O)nnn1-c1cccc(Cl)c1. The van der Waals surface area contributed by atoms with E-state index in [2.05, 4.69) is 15.6 Å². The van der Waals surface area contributed by atoms with Gasteiger partial charge in [0.05, 0.1) is 18.0 Å². The highest BCUT2D eigenvalue weighted by atomic mass is 35.5. The smallest absolute Gasteiger partial charge is 0.328 e. The molecule has 1 unspecified atom stereocenters. The number of halogens is 1. The maximum Gasteiger partial charge on any atom is 0.328 e. The molecule has 0 aliphatic carbocycles. The molecule has 1 heterocycles. The highest BCUT2D eigenvalue weighted by Crippen LogP contribution is 2.18. The van der Waals surface area contributed by atoms with Gasteiger partial charge in [-0.2, -0.15) is 0 Å². The molecule has 0 aliphatic rings. The lowest BCUT2D eigenvalue weighted by Gasteiger charge is -2.13. The van der Waals surface area contributed by atoms with Gasteiger partial charge in [0, 0.05) is 12.1 Å². The number of rotatable bonds is 8. The van der Waals surface area contributed by atoms with E-state index in [-0.39, 0.29) is 12.3 Å². The van der Waals surface area contributed by atoms with Crippen LogP contribution >= 0.6 is 11.6 Å². The first-order chi connectivity index (χ1) is 12.0. The van der Waals surface area contributed by atoms with Crippen LogP contribution in [0.5, 0.6) is 0 Å². The summed E-state index contributed by atoms with van der Waals surface area (Å²) in [5.74, 6) is -1.80. The molecule has 134 valence electrons. The van der Waals surface area contributed by atoms with Gasteiger partial charge in [0.25, 0.3) is 5.91 Å². The summed E-state index contributed by atoms with van der Waals surface area (Å²) < 4.78 is 6.35. The van der Waals surface area contributed by atoms with E-state index >= 15 is 0 Å². The van der Waals surface area contributed by atoms with Crippen molar-refractivity contribution < 1.29 is 19.4 Å². The van der Waals surface area contributed by atoms with E-state index in [1.807, 2.05) is 6.92 Å². The van der Waals surface area contributed by atoms with Crippen molar-refractivity contribution in [2.45, 2.75) is 25.8 Å². The van der Waals surface area contributed by atoms with Crippen molar-refractivity contribution in [3.8, 4) is 5.69 Å². The number of aromatic nitrogens is 3. The topological polar surface area (TPSA) is 106 Å². The van der Waals surface area contributed by atoms with Crippen molar-refractivity contribution in [3.63, 3.8) is 0 Å². The molecule has 0 saturated heterocycles. The molecule has 0 saturated carbocycles. The molecule has 9 heteroatoms. The van der Waals surface area contributed by atoms with E-state index in [4.69, 9.17) is 21.4 Å². The number of ether oxygens (including phenoxy) is 1. The monoisotopic (exact) mass is 366 g/mol. The van der Waals surface area contributed by atoms with Gasteiger partial charge >= 0.3 is 5.97 Å². The second-order valence-electron chi connectivity index (χ2n) is 5.35. The Balaban J connectivity index is 2.35. The predicted molar refractivity (Wildman–Crippen MR) is 91.1 cm³/mol. The quantitative estimate of drug-likeness (QED) is 0.736. The van der Waals surface area contributed by atoms with E-state index in [1.165, 1.54) is 11.8 Å². The number of carboxylic acid groups (broad SMARTS) is 1. The average molecular weight is 367 g/mol. The number of benzene rings is 1. The molecule has 2 N–H and O–H groups in total. The second kappa shape index (κ2) is 8.59. The first-order valence-corrected chi connectivity index (χ1v) is 8.08. The summed E-state index contributed by atoms with van der Waals surface area (Å²) in [5, 5.41) is 20.0. The highest BCUT2D eigenvalue weighted by molar-refractivity contribution is 6.30. The van der Waals surface area contributed by atoms with Crippen LogP contribution in [0.1, 0.15) is 29.5 Å². The Kier molecular flexibility index (Phi) is 6.49. The fraction of sp³-hybridized carbons (Fsp3) is 0.375. The number of amides is 1. The molecule has 0 bridgehead atoms. The van der Waals surface area contributed by atoms with E-state index in [1.54, 1.807) is 24.3 Å². The number of hydrogen-bond donors (Lipinski definition) is 2. The van der Waals surface area contributed by atoms with Crippen LogP contribution in [0.15, 0.2) is 24.3 Å². The minimum Gasteiger partial charge on any atom is -0.480 e. The van der Waals surface area contributed by atoms with Gasteiger partial charge in [-0.25, -0.2) is 9.48 Å². The Morgan fingerprint density at radius 1 is 1.44 bits per heavy atom. The van der Waals surface area contributed by atoms with Crippen molar-refractivity contribution in [2.75, 3.05) is 13.7 Å². The van der Waals surface area contributed by atoms with Crippen molar-refractivity contribution >= 4 is 23.5 Å². The van der Waals surface area contributed by atoms with Crippen LogP contribution < -0.4 is 5.32 Å². The van der Waals surface area contributed by atoms with E-state index in [0.717, 1.165) is 6.42 Å². The third-order valence-corrected chi connectivity index (χ3v) is 3.69. The van der Waals surface area contributed by atoms with Crippen LogP contribution in [0.25, 0.3) is 5.69 Å². The van der Waals surface area contributed by atoms with Crippen LogP contribution in [0.4, 0.5) is 0 Å². The third kappa shape index (κ3) is 4.55. The second-order valence-corrected chi connectivity index (χ2v) is 5.78. The number of carboxylic acids is 1. The summed E-state index contributed by atoms with van der Waals surface area (Å²) >= 11 is 6.01. The number of methoxy groups -OCH3 is 1. The van der Waals surface area contributed by atoms with Gasteiger partial charge in [-0.05, 0) is 24.6 Å². The molecular weight excluding hydrogens is 348 g/mol. The molecule has 2 rings (SSSR count). The van der Waals surface area contributed by atoms with Gasteiger partial charge in [-0.3, -0.25) is 4.79 Å². The third-order valence-electron chi connectivity index (χ3n) is 3.45. The largest absolute Gasteiger partial charge is 0.480 e. The zero-order valence-corrected chi connectivity index (χ0v) is 14.7. The minimum atomic E-state index is -1.19. The Labute approximate surface area is 149 Å². The lowest BCUT2D eigenvalue weighted by molar-refractivity contribution is -0.140. The zero-order chi connectivity index (χ0) is 18.4. The molecule has 8 nitrogen and oxygen atoms in total. The number of hydrogen-bond acceptors (Lipinski definition) is 5. The van der Waals surface area contributed by atoms with Gasteiger partial charge in [0.2, 0.25) is 0 Å². The van der Waals surface area contributed by atoms with Crippen molar-refractivity contribution in [1.82, 2.24) is 20.3 Å². The number of carbonyl (C=O) groups excluding carboxylic acids is 1. The predicted octanol–water partition coefficient (Wildman–Crippen LogP) is 1.70. The molecule has 0 aliphatic heterocycles. The van der Waals surface area contributed by atoms with Crippen molar-refractivity contribution in [1.29, 1.82) is 0 Å². The van der Waals surface area contributed by atoms with Crippen molar-refractivity contribution in [2.24, 2.45) is 0 Å². The molecule has 1 amide bonds. The van der Waals surface area contributed by atoms with Crippen molar-refractivity contribution in [3.05, 3.63) is 40.7 Å². The summed E-state index contributed by atoms with van der Waals surface area (Å²) in [6.07, 6.45) is 1.30. The van der Waals surface area contributed by atoms with Crippen LogP contribution in [0.3, 0.4) is 0 Å². The summed E-state index contributed by atoms with van der Waals surface area (Å²) in [7, 11) is 1.36. The van der Waals surface area contributed by atoms with Crippen LogP contribution in [-0.2, 0) is 16.0 Å². The Morgan fingerprint density at radius 2 is 2.20 bits per heavy atom. The number of nitrogens with zero attached hydrogens (tertiary/aromatic N) is 3. The minimum absolute atomic E-state index is 0.0872. The van der Waals surface area contributed by atoms with E-state index < -0.39 is 17.9 Å². The number of aliphatic carboxylic acids is 1. The maximum absolute atomic E-state index is 12.5.